The summed E-state index contributed by atoms with van der Waals surface area (Å²) < 4.78 is 155. The van der Waals surface area contributed by atoms with Crippen LogP contribution in [0.5, 0.6) is 5.75 Å². The number of alkyl halides is 11. The normalized spacial score (nSPS) is 27.0. The van der Waals surface area contributed by atoms with Crippen LogP contribution in [0.2, 0.25) is 0 Å². The zero-order chi connectivity index (χ0) is 22.0. The molecule has 160 valence electrons. The predicted octanol–water partition coefficient (Wildman–Crippen LogP) is 5.02. The Labute approximate surface area is 149 Å². The van der Waals surface area contributed by atoms with Crippen molar-refractivity contribution >= 4 is 0 Å². The van der Waals surface area contributed by atoms with E-state index in [2.05, 4.69) is 4.74 Å². The van der Waals surface area contributed by atoms with E-state index in [1.165, 1.54) is 6.07 Å². The quantitative estimate of drug-likeness (QED) is 0.678. The van der Waals surface area contributed by atoms with Gasteiger partial charge in [-0.2, -0.15) is 43.9 Å². The summed E-state index contributed by atoms with van der Waals surface area (Å²) in [5.41, 5.74) is -6.94. The summed E-state index contributed by atoms with van der Waals surface area (Å²) in [6.07, 6.45) is -5.56. The smallest absolute Gasteiger partial charge is 0.384 e. The number of para-hydroxylation sites is 1. The molecule has 0 amide bonds. The highest BCUT2D eigenvalue weighted by Gasteiger charge is 3.00. The zero-order valence-corrected chi connectivity index (χ0v) is 13.6. The molecule has 1 atom stereocenters. The Morgan fingerprint density at radius 3 is 1.57 bits per heavy atom. The number of aliphatic hydroxyl groups is 1. The molecular formula is C15H11F11O2. The average Bonchev–Trinajstić information content (AvgIpc) is 2.59. The molecule has 1 saturated carbocycles. The van der Waals surface area contributed by atoms with Gasteiger partial charge in [-0.25, -0.2) is 4.39 Å². The maximum atomic E-state index is 14.6. The summed E-state index contributed by atoms with van der Waals surface area (Å²) in [5, 5.41) is 9.82. The Bertz CT molecular complexity index is 717. The molecule has 1 unspecified atom stereocenters. The first-order valence-corrected chi connectivity index (χ1v) is 7.33. The van der Waals surface area contributed by atoms with Crippen LogP contribution in [0.1, 0.15) is 18.1 Å². The lowest BCUT2D eigenvalue weighted by Gasteiger charge is -2.52. The molecule has 1 N–H and O–H groups in total. The van der Waals surface area contributed by atoms with E-state index in [9.17, 15) is 53.4 Å². The van der Waals surface area contributed by atoms with Crippen molar-refractivity contribution in [3.8, 4) is 5.75 Å². The number of benzene rings is 1. The fourth-order valence-corrected chi connectivity index (χ4v) is 2.86. The van der Waals surface area contributed by atoms with Gasteiger partial charge in [0.05, 0.1) is 13.2 Å². The number of halogens is 11. The molecule has 0 spiro atoms. The van der Waals surface area contributed by atoms with Crippen molar-refractivity contribution in [3.05, 3.63) is 29.8 Å². The molecule has 0 bridgehead atoms. The molecule has 13 heteroatoms. The Morgan fingerprint density at radius 2 is 1.14 bits per heavy atom. The third kappa shape index (κ3) is 2.37. The Hall–Kier alpha value is -1.79. The Morgan fingerprint density at radius 1 is 0.750 bits per heavy atom. The summed E-state index contributed by atoms with van der Waals surface area (Å²) in [6, 6.07) is 4.14. The molecule has 1 fully saturated rings. The van der Waals surface area contributed by atoms with Gasteiger partial charge in [-0.1, -0.05) is 18.2 Å². The molecule has 1 aromatic rings. The Balaban J connectivity index is 2.66. The summed E-state index contributed by atoms with van der Waals surface area (Å²) in [5.74, 6) is -36.0. The van der Waals surface area contributed by atoms with E-state index in [1.807, 2.05) is 0 Å². The number of ether oxygens (including phenoxy) is 1. The van der Waals surface area contributed by atoms with Gasteiger partial charge in [0.15, 0.2) is 0 Å². The van der Waals surface area contributed by atoms with Gasteiger partial charge in [-0.15, -0.1) is 0 Å². The van der Waals surface area contributed by atoms with Crippen molar-refractivity contribution in [2.24, 2.45) is 0 Å². The first-order valence-electron chi connectivity index (χ1n) is 7.33. The van der Waals surface area contributed by atoms with Gasteiger partial charge in [0.25, 0.3) is 5.67 Å². The Kier molecular flexibility index (Phi) is 4.90. The van der Waals surface area contributed by atoms with Gasteiger partial charge in [0, 0.05) is 12.0 Å². The largest absolute Gasteiger partial charge is 0.496 e. The molecule has 1 aromatic carbocycles. The molecule has 0 saturated heterocycles. The molecule has 0 aliphatic heterocycles. The van der Waals surface area contributed by atoms with Gasteiger partial charge >= 0.3 is 29.6 Å². The summed E-state index contributed by atoms with van der Waals surface area (Å²) in [4.78, 5) is 0. The number of aliphatic hydroxyl groups excluding tert-OH is 1. The SMILES string of the molecule is COc1ccccc1C(O)CC1(F)C(F)(F)C(F)(F)C(F)(F)C(F)(F)C1(F)F. The highest BCUT2D eigenvalue weighted by atomic mass is 19.4. The van der Waals surface area contributed by atoms with Crippen LogP contribution in [-0.2, 0) is 0 Å². The van der Waals surface area contributed by atoms with Crippen molar-refractivity contribution < 1.29 is 58.1 Å². The average molecular weight is 432 g/mol. The predicted molar refractivity (Wildman–Crippen MR) is 71.1 cm³/mol. The van der Waals surface area contributed by atoms with Crippen molar-refractivity contribution in [2.45, 2.75) is 47.8 Å². The number of rotatable bonds is 4. The molecule has 0 heterocycles. The summed E-state index contributed by atoms with van der Waals surface area (Å²) in [7, 11) is 0.948. The third-order valence-corrected chi connectivity index (χ3v) is 4.55. The van der Waals surface area contributed by atoms with Gasteiger partial charge in [-0.3, -0.25) is 0 Å². The second-order valence-electron chi connectivity index (χ2n) is 6.14. The molecule has 2 rings (SSSR count). The molecule has 1 aliphatic rings. The monoisotopic (exact) mass is 432 g/mol. The number of hydrogen-bond acceptors (Lipinski definition) is 2. The topological polar surface area (TPSA) is 29.5 Å². The van der Waals surface area contributed by atoms with E-state index < -0.39 is 59.1 Å². The maximum Gasteiger partial charge on any atom is 0.384 e. The van der Waals surface area contributed by atoms with Crippen molar-refractivity contribution in [1.29, 1.82) is 0 Å². The van der Waals surface area contributed by atoms with Crippen LogP contribution in [0.15, 0.2) is 24.3 Å². The van der Waals surface area contributed by atoms with Crippen LogP contribution in [0.25, 0.3) is 0 Å². The van der Waals surface area contributed by atoms with Gasteiger partial charge in [-0.05, 0) is 6.07 Å². The van der Waals surface area contributed by atoms with Gasteiger partial charge in [0.2, 0.25) is 0 Å². The summed E-state index contributed by atoms with van der Waals surface area (Å²) >= 11 is 0. The van der Waals surface area contributed by atoms with Crippen LogP contribution in [0.4, 0.5) is 48.3 Å². The molecule has 1 aliphatic carbocycles. The lowest BCUT2D eigenvalue weighted by atomic mass is 9.69. The number of methoxy groups -OCH3 is 1. The van der Waals surface area contributed by atoms with E-state index in [-0.39, 0.29) is 0 Å². The lowest BCUT2D eigenvalue weighted by Crippen LogP contribution is -2.83. The molecule has 0 aromatic heterocycles. The van der Waals surface area contributed by atoms with Crippen LogP contribution >= 0.6 is 0 Å². The molecule has 0 radical (unpaired) electrons. The highest BCUT2D eigenvalue weighted by molar-refractivity contribution is 5.36. The minimum Gasteiger partial charge on any atom is -0.496 e. The molecule has 2 nitrogen and oxygen atoms in total. The minimum atomic E-state index is -7.28. The van der Waals surface area contributed by atoms with Crippen LogP contribution in [-0.4, -0.2) is 47.5 Å². The van der Waals surface area contributed by atoms with E-state index in [1.54, 1.807) is 0 Å². The van der Waals surface area contributed by atoms with E-state index in [0.717, 1.165) is 25.3 Å². The van der Waals surface area contributed by atoms with E-state index in [4.69, 9.17) is 0 Å². The first kappa shape index (κ1) is 22.5. The second-order valence-corrected chi connectivity index (χ2v) is 6.14. The molecule has 28 heavy (non-hydrogen) atoms. The maximum absolute atomic E-state index is 14.6. The minimum absolute atomic E-state index is 0.412. The summed E-state index contributed by atoms with van der Waals surface area (Å²) in [6.45, 7) is 0. The fourth-order valence-electron chi connectivity index (χ4n) is 2.86. The van der Waals surface area contributed by atoms with Gasteiger partial charge < -0.3 is 9.84 Å². The first-order chi connectivity index (χ1) is 12.4. The van der Waals surface area contributed by atoms with Crippen LogP contribution in [0, 0.1) is 0 Å². The molecular weight excluding hydrogens is 421 g/mol. The lowest BCUT2D eigenvalue weighted by molar-refractivity contribution is -0.487. The number of hydrogen-bond donors (Lipinski definition) is 1. The van der Waals surface area contributed by atoms with E-state index in [0.29, 0.717) is 0 Å². The second kappa shape index (κ2) is 6.10. The van der Waals surface area contributed by atoms with Crippen molar-refractivity contribution in [3.63, 3.8) is 0 Å². The van der Waals surface area contributed by atoms with Crippen molar-refractivity contribution in [1.82, 2.24) is 0 Å². The standard InChI is InChI=1S/C15H11F11O2/c1-28-9-5-3-2-4-7(9)8(27)6-10(16)11(17,18)13(21,22)15(25,26)14(23,24)12(10,19)20/h2-5,8,27H,6H2,1H3. The van der Waals surface area contributed by atoms with Crippen molar-refractivity contribution in [2.75, 3.05) is 7.11 Å². The highest BCUT2D eigenvalue weighted by Crippen LogP contribution is 2.70. The van der Waals surface area contributed by atoms with Crippen LogP contribution < -0.4 is 4.74 Å². The van der Waals surface area contributed by atoms with Crippen LogP contribution in [0.3, 0.4) is 0 Å². The zero-order valence-electron chi connectivity index (χ0n) is 13.6. The van der Waals surface area contributed by atoms with E-state index >= 15 is 0 Å². The van der Waals surface area contributed by atoms with Gasteiger partial charge in [0.1, 0.15) is 5.75 Å². The fraction of sp³-hybridized carbons (Fsp3) is 0.600. The third-order valence-electron chi connectivity index (χ3n) is 4.55.